The maximum Gasteiger partial charge on any atom is 0.348 e. The lowest BCUT2D eigenvalue weighted by molar-refractivity contribution is -0.118. The lowest BCUT2D eigenvalue weighted by atomic mass is 10.2. The standard InChI is InChI=1S/C21H25N3O3S/c25-19(22-12-15-6-2-1-3-7-15)14-28-20-17-9-4-10-18(17)24(21(26)23-20)13-16-8-5-11-27-16/h1-3,6-7,16H,4-5,8-14H2,(H,22,25). The van der Waals surface area contributed by atoms with Gasteiger partial charge in [0, 0.05) is 24.4 Å². The molecule has 2 heterocycles. The number of nitrogens with one attached hydrogen (secondary N) is 1. The highest BCUT2D eigenvalue weighted by Gasteiger charge is 2.25. The minimum absolute atomic E-state index is 0.0501. The molecule has 1 fully saturated rings. The number of amides is 1. The molecule has 0 bridgehead atoms. The van der Waals surface area contributed by atoms with E-state index in [1.54, 1.807) is 4.57 Å². The largest absolute Gasteiger partial charge is 0.376 e. The van der Waals surface area contributed by atoms with Crippen LogP contribution in [-0.2, 0) is 35.5 Å². The quantitative estimate of drug-likeness (QED) is 0.571. The molecule has 7 heteroatoms. The smallest absolute Gasteiger partial charge is 0.348 e. The highest BCUT2D eigenvalue weighted by atomic mass is 32.2. The van der Waals surface area contributed by atoms with Gasteiger partial charge in [0.2, 0.25) is 5.91 Å². The zero-order valence-electron chi connectivity index (χ0n) is 15.9. The predicted octanol–water partition coefficient (Wildman–Crippen LogP) is 2.32. The number of fused-ring (bicyclic) bond motifs is 1. The number of hydrogen-bond donors (Lipinski definition) is 1. The van der Waals surface area contributed by atoms with Gasteiger partial charge < -0.3 is 10.1 Å². The van der Waals surface area contributed by atoms with Crippen molar-refractivity contribution < 1.29 is 9.53 Å². The average Bonchev–Trinajstić information content (AvgIpc) is 3.40. The Labute approximate surface area is 168 Å². The van der Waals surface area contributed by atoms with Gasteiger partial charge in [-0.3, -0.25) is 9.36 Å². The van der Waals surface area contributed by atoms with E-state index in [2.05, 4.69) is 10.3 Å². The molecule has 1 atom stereocenters. The van der Waals surface area contributed by atoms with E-state index in [-0.39, 0.29) is 23.5 Å². The Bertz CT molecular complexity index is 892. The van der Waals surface area contributed by atoms with Crippen molar-refractivity contribution in [2.24, 2.45) is 0 Å². The van der Waals surface area contributed by atoms with Gasteiger partial charge in [-0.25, -0.2) is 4.79 Å². The summed E-state index contributed by atoms with van der Waals surface area (Å²) >= 11 is 1.37. The molecule has 1 aliphatic heterocycles. The number of aromatic nitrogens is 2. The molecule has 0 radical (unpaired) electrons. The van der Waals surface area contributed by atoms with Crippen LogP contribution in [0.1, 0.15) is 36.1 Å². The first-order valence-electron chi connectivity index (χ1n) is 9.88. The number of nitrogens with zero attached hydrogens (tertiary/aromatic N) is 2. The van der Waals surface area contributed by atoms with Crippen LogP contribution < -0.4 is 11.0 Å². The Hall–Kier alpha value is -2.12. The lowest BCUT2D eigenvalue weighted by Crippen LogP contribution is -2.32. The van der Waals surface area contributed by atoms with E-state index < -0.39 is 0 Å². The molecule has 1 saturated heterocycles. The molecule has 1 N–H and O–H groups in total. The highest BCUT2D eigenvalue weighted by Crippen LogP contribution is 2.29. The van der Waals surface area contributed by atoms with Crippen LogP contribution in [0.25, 0.3) is 0 Å². The third-order valence-electron chi connectivity index (χ3n) is 5.28. The van der Waals surface area contributed by atoms with E-state index in [0.717, 1.165) is 60.6 Å². The fourth-order valence-electron chi connectivity index (χ4n) is 3.87. The Morgan fingerprint density at radius 3 is 2.89 bits per heavy atom. The molecule has 2 aliphatic rings. The van der Waals surface area contributed by atoms with Gasteiger partial charge in [-0.05, 0) is 37.7 Å². The molecular formula is C21H25N3O3S. The van der Waals surface area contributed by atoms with Crippen molar-refractivity contribution in [2.45, 2.75) is 56.3 Å². The summed E-state index contributed by atoms with van der Waals surface area (Å²) in [5, 5.41) is 3.64. The molecule has 1 aliphatic carbocycles. The van der Waals surface area contributed by atoms with Crippen LogP contribution in [0.3, 0.4) is 0 Å². The molecule has 6 nitrogen and oxygen atoms in total. The van der Waals surface area contributed by atoms with E-state index in [4.69, 9.17) is 4.74 Å². The highest BCUT2D eigenvalue weighted by molar-refractivity contribution is 7.99. The lowest BCUT2D eigenvalue weighted by Gasteiger charge is -2.17. The summed E-state index contributed by atoms with van der Waals surface area (Å²) in [5.74, 6) is 0.215. The number of ether oxygens (including phenoxy) is 1. The summed E-state index contributed by atoms with van der Waals surface area (Å²) in [5.41, 5.74) is 3.07. The monoisotopic (exact) mass is 399 g/mol. The van der Waals surface area contributed by atoms with Crippen LogP contribution in [-0.4, -0.2) is 33.9 Å². The van der Waals surface area contributed by atoms with Crippen LogP contribution in [0.4, 0.5) is 0 Å². The minimum Gasteiger partial charge on any atom is -0.376 e. The van der Waals surface area contributed by atoms with Crippen LogP contribution in [0, 0.1) is 0 Å². The number of benzene rings is 1. The molecule has 148 valence electrons. The van der Waals surface area contributed by atoms with Gasteiger partial charge in [0.15, 0.2) is 0 Å². The van der Waals surface area contributed by atoms with E-state index >= 15 is 0 Å². The van der Waals surface area contributed by atoms with Gasteiger partial charge in [0.05, 0.1) is 18.4 Å². The molecule has 0 saturated carbocycles. The van der Waals surface area contributed by atoms with Crippen molar-refractivity contribution in [3.05, 3.63) is 57.6 Å². The van der Waals surface area contributed by atoms with Crippen molar-refractivity contribution >= 4 is 17.7 Å². The topological polar surface area (TPSA) is 73.2 Å². The predicted molar refractivity (Wildman–Crippen MR) is 109 cm³/mol. The molecule has 2 aromatic rings. The van der Waals surface area contributed by atoms with E-state index in [9.17, 15) is 9.59 Å². The number of thioether (sulfide) groups is 1. The minimum atomic E-state index is -0.219. The van der Waals surface area contributed by atoms with Gasteiger partial charge in [-0.2, -0.15) is 4.98 Å². The first-order valence-corrected chi connectivity index (χ1v) is 10.9. The Kier molecular flexibility index (Phi) is 6.12. The molecule has 0 spiro atoms. The van der Waals surface area contributed by atoms with Crippen LogP contribution in [0.15, 0.2) is 40.2 Å². The van der Waals surface area contributed by atoms with Crippen molar-refractivity contribution in [3.63, 3.8) is 0 Å². The van der Waals surface area contributed by atoms with Crippen LogP contribution in [0.5, 0.6) is 0 Å². The molecule has 1 aromatic carbocycles. The maximum atomic E-state index is 12.6. The number of carbonyl (C=O) groups is 1. The Morgan fingerprint density at radius 2 is 2.11 bits per heavy atom. The summed E-state index contributed by atoms with van der Waals surface area (Å²) in [6.45, 7) is 1.88. The zero-order valence-corrected chi connectivity index (χ0v) is 16.7. The van der Waals surface area contributed by atoms with Crippen molar-refractivity contribution in [1.82, 2.24) is 14.9 Å². The van der Waals surface area contributed by atoms with Crippen molar-refractivity contribution in [1.29, 1.82) is 0 Å². The van der Waals surface area contributed by atoms with Gasteiger partial charge in [-0.15, -0.1) is 0 Å². The van der Waals surface area contributed by atoms with Crippen molar-refractivity contribution in [2.75, 3.05) is 12.4 Å². The normalized spacial score (nSPS) is 18.2. The maximum absolute atomic E-state index is 12.6. The summed E-state index contributed by atoms with van der Waals surface area (Å²) in [7, 11) is 0. The molecule has 4 rings (SSSR count). The fraction of sp³-hybridized carbons (Fsp3) is 0.476. The number of carbonyl (C=O) groups excluding carboxylic acids is 1. The van der Waals surface area contributed by atoms with E-state index in [0.29, 0.717) is 13.1 Å². The SMILES string of the molecule is O=C(CSc1nc(=O)n(CC2CCCO2)c2c1CCC2)NCc1ccccc1. The van der Waals surface area contributed by atoms with E-state index in [1.807, 2.05) is 30.3 Å². The summed E-state index contributed by atoms with van der Waals surface area (Å²) in [6.07, 6.45) is 5.02. The van der Waals surface area contributed by atoms with Gasteiger partial charge in [-0.1, -0.05) is 42.1 Å². The Morgan fingerprint density at radius 1 is 1.25 bits per heavy atom. The second kappa shape index (κ2) is 8.92. The van der Waals surface area contributed by atoms with E-state index in [1.165, 1.54) is 11.8 Å². The third-order valence-corrected chi connectivity index (χ3v) is 6.30. The zero-order chi connectivity index (χ0) is 19.3. The second-order valence-corrected chi connectivity index (χ2v) is 8.24. The van der Waals surface area contributed by atoms with Crippen LogP contribution >= 0.6 is 11.8 Å². The first-order chi connectivity index (χ1) is 13.7. The third kappa shape index (κ3) is 4.47. The molecule has 1 unspecified atom stereocenters. The first kappa shape index (κ1) is 19.2. The molecular weight excluding hydrogens is 374 g/mol. The van der Waals surface area contributed by atoms with Gasteiger partial charge >= 0.3 is 5.69 Å². The average molecular weight is 400 g/mol. The molecule has 1 aromatic heterocycles. The summed E-state index contributed by atoms with van der Waals surface area (Å²) in [6, 6.07) is 9.82. The van der Waals surface area contributed by atoms with Gasteiger partial charge in [0.1, 0.15) is 5.03 Å². The Balaban J connectivity index is 1.40. The number of hydrogen-bond acceptors (Lipinski definition) is 5. The molecule has 1 amide bonds. The summed E-state index contributed by atoms with van der Waals surface area (Å²) in [4.78, 5) is 29.1. The summed E-state index contributed by atoms with van der Waals surface area (Å²) < 4.78 is 7.50. The van der Waals surface area contributed by atoms with Crippen molar-refractivity contribution in [3.8, 4) is 0 Å². The van der Waals surface area contributed by atoms with Gasteiger partial charge in [0.25, 0.3) is 0 Å². The number of rotatable bonds is 7. The van der Waals surface area contributed by atoms with Crippen LogP contribution in [0.2, 0.25) is 0 Å². The fourth-order valence-corrected chi connectivity index (χ4v) is 4.77. The molecule has 28 heavy (non-hydrogen) atoms. The second-order valence-electron chi connectivity index (χ2n) is 7.27.